The van der Waals surface area contributed by atoms with Crippen molar-refractivity contribution in [2.24, 2.45) is 5.92 Å². The fourth-order valence-corrected chi connectivity index (χ4v) is 4.44. The van der Waals surface area contributed by atoms with Gasteiger partial charge in [-0.15, -0.1) is 0 Å². The molecule has 3 heteroatoms. The third-order valence-corrected chi connectivity index (χ3v) is 6.18. The highest BCUT2D eigenvalue weighted by atomic mass is 16.5. The average Bonchev–Trinajstić information content (AvgIpc) is 2.85. The molecule has 0 bridgehead atoms. The van der Waals surface area contributed by atoms with Crippen molar-refractivity contribution in [3.63, 3.8) is 0 Å². The lowest BCUT2D eigenvalue weighted by atomic mass is 9.97. The van der Waals surface area contributed by atoms with Gasteiger partial charge in [-0.3, -0.25) is 0 Å². The lowest BCUT2D eigenvalue weighted by molar-refractivity contribution is 0.0266. The van der Waals surface area contributed by atoms with Gasteiger partial charge >= 0.3 is 0 Å². The quantitative estimate of drug-likeness (QED) is 0.444. The Morgan fingerprint density at radius 2 is 1.52 bits per heavy atom. The van der Waals surface area contributed by atoms with Crippen LogP contribution in [0.5, 0.6) is 5.75 Å². The van der Waals surface area contributed by atoms with Crippen LogP contribution in [0.4, 0.5) is 0 Å². The molecule has 4 rings (SSSR count). The number of piperidine rings is 1. The van der Waals surface area contributed by atoms with E-state index in [1.165, 1.54) is 36.1 Å². The Labute approximate surface area is 186 Å². The van der Waals surface area contributed by atoms with E-state index in [1.54, 1.807) is 7.11 Å². The van der Waals surface area contributed by atoms with E-state index in [-0.39, 0.29) is 6.10 Å². The summed E-state index contributed by atoms with van der Waals surface area (Å²) in [5.74, 6) is 1.50. The smallest absolute Gasteiger partial charge is 0.118 e. The van der Waals surface area contributed by atoms with Gasteiger partial charge in [0.15, 0.2) is 0 Å². The number of likely N-dealkylation sites (tertiary alicyclic amines) is 1. The molecule has 1 heterocycles. The molecular weight excluding hydrogens is 382 g/mol. The van der Waals surface area contributed by atoms with E-state index >= 15 is 0 Å². The third kappa shape index (κ3) is 6.19. The number of hydrogen-bond donors (Lipinski definition) is 0. The van der Waals surface area contributed by atoms with E-state index in [0.717, 1.165) is 31.9 Å². The predicted octanol–water partition coefficient (Wildman–Crippen LogP) is 5.76. The van der Waals surface area contributed by atoms with Crippen LogP contribution in [-0.4, -0.2) is 38.3 Å². The monoisotopic (exact) mass is 415 g/mol. The molecule has 0 radical (unpaired) electrons. The molecule has 0 amide bonds. The van der Waals surface area contributed by atoms with E-state index in [2.05, 4.69) is 89.8 Å². The SMILES string of the molecule is COc1ccc(CCN2CCCC(COC(c3ccccc3)c3ccccc3)C2)cc1. The van der Waals surface area contributed by atoms with Gasteiger partial charge in [-0.05, 0) is 60.5 Å². The largest absolute Gasteiger partial charge is 0.497 e. The third-order valence-electron chi connectivity index (χ3n) is 6.18. The number of rotatable bonds is 9. The van der Waals surface area contributed by atoms with Crippen LogP contribution in [0.3, 0.4) is 0 Å². The molecule has 0 spiro atoms. The van der Waals surface area contributed by atoms with Crippen LogP contribution >= 0.6 is 0 Å². The molecule has 3 nitrogen and oxygen atoms in total. The van der Waals surface area contributed by atoms with E-state index < -0.39 is 0 Å². The number of nitrogens with zero attached hydrogens (tertiary/aromatic N) is 1. The van der Waals surface area contributed by atoms with Gasteiger partial charge in [-0.25, -0.2) is 0 Å². The minimum Gasteiger partial charge on any atom is -0.497 e. The maximum Gasteiger partial charge on any atom is 0.118 e. The van der Waals surface area contributed by atoms with Gasteiger partial charge in [0.25, 0.3) is 0 Å². The summed E-state index contributed by atoms with van der Waals surface area (Å²) in [5.41, 5.74) is 3.81. The van der Waals surface area contributed by atoms with Crippen molar-refractivity contribution in [2.45, 2.75) is 25.4 Å². The van der Waals surface area contributed by atoms with E-state index in [9.17, 15) is 0 Å². The summed E-state index contributed by atoms with van der Waals surface area (Å²) in [6.45, 7) is 4.21. The molecule has 0 N–H and O–H groups in total. The predicted molar refractivity (Wildman–Crippen MR) is 127 cm³/mol. The molecule has 0 saturated carbocycles. The van der Waals surface area contributed by atoms with Gasteiger partial charge in [0.1, 0.15) is 11.9 Å². The van der Waals surface area contributed by atoms with Crippen molar-refractivity contribution >= 4 is 0 Å². The molecule has 1 fully saturated rings. The first-order valence-corrected chi connectivity index (χ1v) is 11.4. The highest BCUT2D eigenvalue weighted by Crippen LogP contribution is 2.28. The summed E-state index contributed by atoms with van der Waals surface area (Å²) in [6, 6.07) is 29.6. The van der Waals surface area contributed by atoms with Crippen LogP contribution in [0.15, 0.2) is 84.9 Å². The number of ether oxygens (including phenoxy) is 2. The van der Waals surface area contributed by atoms with Crippen molar-refractivity contribution in [2.75, 3.05) is 33.4 Å². The van der Waals surface area contributed by atoms with E-state index in [4.69, 9.17) is 9.47 Å². The first-order valence-electron chi connectivity index (χ1n) is 11.4. The van der Waals surface area contributed by atoms with Crippen molar-refractivity contribution in [3.05, 3.63) is 102 Å². The summed E-state index contributed by atoms with van der Waals surface area (Å²) in [4.78, 5) is 2.60. The van der Waals surface area contributed by atoms with Crippen molar-refractivity contribution in [1.29, 1.82) is 0 Å². The van der Waals surface area contributed by atoms with Crippen molar-refractivity contribution < 1.29 is 9.47 Å². The van der Waals surface area contributed by atoms with Crippen LogP contribution < -0.4 is 4.74 Å². The van der Waals surface area contributed by atoms with E-state index in [1.807, 2.05) is 0 Å². The van der Waals surface area contributed by atoms with Crippen LogP contribution in [-0.2, 0) is 11.2 Å². The van der Waals surface area contributed by atoms with Gasteiger partial charge in [-0.2, -0.15) is 0 Å². The second-order valence-electron chi connectivity index (χ2n) is 8.44. The Morgan fingerprint density at radius 1 is 0.871 bits per heavy atom. The van der Waals surface area contributed by atoms with Crippen LogP contribution in [0.25, 0.3) is 0 Å². The molecule has 3 aromatic rings. The van der Waals surface area contributed by atoms with Crippen LogP contribution in [0.1, 0.15) is 35.6 Å². The Kier molecular flexibility index (Phi) is 7.76. The zero-order valence-electron chi connectivity index (χ0n) is 18.5. The molecule has 1 aliphatic rings. The summed E-state index contributed by atoms with van der Waals surface area (Å²) in [6.07, 6.45) is 3.57. The highest BCUT2D eigenvalue weighted by Gasteiger charge is 2.22. The zero-order valence-corrected chi connectivity index (χ0v) is 18.5. The molecule has 162 valence electrons. The molecule has 3 aromatic carbocycles. The summed E-state index contributed by atoms with van der Waals surface area (Å²) < 4.78 is 11.8. The van der Waals surface area contributed by atoms with Gasteiger partial charge < -0.3 is 14.4 Å². The molecule has 0 aromatic heterocycles. The maximum atomic E-state index is 6.55. The first kappa shape index (κ1) is 21.6. The molecule has 1 saturated heterocycles. The zero-order chi connectivity index (χ0) is 21.3. The summed E-state index contributed by atoms with van der Waals surface area (Å²) in [7, 11) is 1.71. The van der Waals surface area contributed by atoms with E-state index in [0.29, 0.717) is 5.92 Å². The molecule has 1 atom stereocenters. The summed E-state index contributed by atoms with van der Waals surface area (Å²) in [5, 5.41) is 0. The molecule has 31 heavy (non-hydrogen) atoms. The fourth-order valence-electron chi connectivity index (χ4n) is 4.44. The Bertz CT molecular complexity index is 856. The molecule has 1 aliphatic heterocycles. The molecule has 0 aliphatic carbocycles. The number of methoxy groups -OCH3 is 1. The van der Waals surface area contributed by atoms with Crippen LogP contribution in [0.2, 0.25) is 0 Å². The number of benzene rings is 3. The normalized spacial score (nSPS) is 17.0. The van der Waals surface area contributed by atoms with Crippen molar-refractivity contribution in [1.82, 2.24) is 4.90 Å². The Morgan fingerprint density at radius 3 is 2.13 bits per heavy atom. The highest BCUT2D eigenvalue weighted by molar-refractivity contribution is 5.30. The van der Waals surface area contributed by atoms with Crippen molar-refractivity contribution in [3.8, 4) is 5.75 Å². The minimum absolute atomic E-state index is 0.00271. The lowest BCUT2D eigenvalue weighted by Crippen LogP contribution is -2.38. The molecular formula is C28H33NO2. The second kappa shape index (κ2) is 11.1. The average molecular weight is 416 g/mol. The number of hydrogen-bond acceptors (Lipinski definition) is 3. The first-order chi connectivity index (χ1) is 15.3. The Balaban J connectivity index is 1.32. The fraction of sp³-hybridized carbons (Fsp3) is 0.357. The second-order valence-corrected chi connectivity index (χ2v) is 8.44. The topological polar surface area (TPSA) is 21.7 Å². The Hall–Kier alpha value is -2.62. The maximum absolute atomic E-state index is 6.55. The molecule has 1 unspecified atom stereocenters. The lowest BCUT2D eigenvalue weighted by Gasteiger charge is -2.33. The van der Waals surface area contributed by atoms with Gasteiger partial charge in [0.05, 0.1) is 13.7 Å². The summed E-state index contributed by atoms with van der Waals surface area (Å²) >= 11 is 0. The van der Waals surface area contributed by atoms with Crippen LogP contribution in [0, 0.1) is 5.92 Å². The standard InChI is InChI=1S/C28H33NO2/c1-30-27-16-14-23(15-17-27)18-20-29-19-8-9-24(21-29)22-31-28(25-10-4-2-5-11-25)26-12-6-3-7-13-26/h2-7,10-17,24,28H,8-9,18-22H2,1H3. The van der Waals surface area contributed by atoms with Gasteiger partial charge in [-0.1, -0.05) is 72.8 Å². The van der Waals surface area contributed by atoms with Gasteiger partial charge in [0, 0.05) is 13.1 Å². The minimum atomic E-state index is -0.00271. The van der Waals surface area contributed by atoms with Gasteiger partial charge in [0.2, 0.25) is 0 Å².